The van der Waals surface area contributed by atoms with Crippen LogP contribution in [0.25, 0.3) is 10.9 Å². The monoisotopic (exact) mass is 284 g/mol. The van der Waals surface area contributed by atoms with Gasteiger partial charge in [0.05, 0.1) is 5.52 Å². The van der Waals surface area contributed by atoms with E-state index in [0.717, 1.165) is 22.0 Å². The van der Waals surface area contributed by atoms with Gasteiger partial charge in [-0.1, -0.05) is 18.2 Å². The van der Waals surface area contributed by atoms with Crippen LogP contribution in [0, 0.1) is 5.82 Å². The minimum atomic E-state index is -0.264. The van der Waals surface area contributed by atoms with Crippen molar-refractivity contribution in [2.24, 2.45) is 12.8 Å². The molecule has 0 saturated heterocycles. The van der Waals surface area contributed by atoms with Crippen molar-refractivity contribution in [3.8, 4) is 5.75 Å². The van der Waals surface area contributed by atoms with Crippen molar-refractivity contribution in [3.05, 3.63) is 65.6 Å². The van der Waals surface area contributed by atoms with E-state index in [-0.39, 0.29) is 5.82 Å². The zero-order valence-corrected chi connectivity index (χ0v) is 11.8. The van der Waals surface area contributed by atoms with Crippen LogP contribution in [0.3, 0.4) is 0 Å². The molecule has 3 nitrogen and oxygen atoms in total. The summed E-state index contributed by atoms with van der Waals surface area (Å²) in [5, 5.41) is 1.14. The summed E-state index contributed by atoms with van der Waals surface area (Å²) in [6, 6.07) is 12.2. The van der Waals surface area contributed by atoms with Crippen molar-refractivity contribution in [2.45, 2.75) is 13.2 Å². The van der Waals surface area contributed by atoms with Gasteiger partial charge in [0.25, 0.3) is 0 Å². The maximum Gasteiger partial charge on any atom is 0.123 e. The minimum absolute atomic E-state index is 0.264. The third-order valence-electron chi connectivity index (χ3n) is 3.60. The van der Waals surface area contributed by atoms with Gasteiger partial charge < -0.3 is 15.0 Å². The number of rotatable bonds is 4. The van der Waals surface area contributed by atoms with Crippen molar-refractivity contribution in [3.63, 3.8) is 0 Å². The van der Waals surface area contributed by atoms with Crippen molar-refractivity contribution < 1.29 is 9.13 Å². The van der Waals surface area contributed by atoms with Crippen LogP contribution in [-0.2, 0) is 20.2 Å². The van der Waals surface area contributed by atoms with E-state index in [1.807, 2.05) is 25.4 Å². The van der Waals surface area contributed by atoms with E-state index in [2.05, 4.69) is 10.6 Å². The van der Waals surface area contributed by atoms with Crippen molar-refractivity contribution >= 4 is 10.9 Å². The first-order valence-electron chi connectivity index (χ1n) is 6.83. The van der Waals surface area contributed by atoms with Gasteiger partial charge >= 0.3 is 0 Å². The van der Waals surface area contributed by atoms with Gasteiger partial charge in [-0.2, -0.15) is 0 Å². The van der Waals surface area contributed by atoms with E-state index < -0.39 is 0 Å². The fourth-order valence-corrected chi connectivity index (χ4v) is 2.61. The Morgan fingerprint density at radius 1 is 1.10 bits per heavy atom. The molecule has 21 heavy (non-hydrogen) atoms. The zero-order valence-electron chi connectivity index (χ0n) is 11.8. The van der Waals surface area contributed by atoms with Crippen molar-refractivity contribution in [2.75, 3.05) is 0 Å². The Hall–Kier alpha value is -2.33. The Bertz CT molecular complexity index is 762. The average molecular weight is 284 g/mol. The average Bonchev–Trinajstić information content (AvgIpc) is 2.83. The Morgan fingerprint density at radius 3 is 2.57 bits per heavy atom. The lowest BCUT2D eigenvalue weighted by atomic mass is 10.1. The number of aromatic nitrogens is 1. The quantitative estimate of drug-likeness (QED) is 0.798. The zero-order chi connectivity index (χ0) is 14.8. The molecule has 2 N–H and O–H groups in total. The summed E-state index contributed by atoms with van der Waals surface area (Å²) in [7, 11) is 2.00. The van der Waals surface area contributed by atoms with Gasteiger partial charge in [0.15, 0.2) is 0 Å². The lowest BCUT2D eigenvalue weighted by Gasteiger charge is -2.05. The van der Waals surface area contributed by atoms with Crippen LogP contribution in [0.2, 0.25) is 0 Å². The Balaban J connectivity index is 1.89. The van der Waals surface area contributed by atoms with Gasteiger partial charge in [-0.15, -0.1) is 0 Å². The van der Waals surface area contributed by atoms with Crippen molar-refractivity contribution in [1.82, 2.24) is 4.57 Å². The summed E-state index contributed by atoms with van der Waals surface area (Å²) in [6.45, 7) is 0.949. The number of hydrogen-bond donors (Lipinski definition) is 1. The lowest BCUT2D eigenvalue weighted by molar-refractivity contribution is 0.307. The molecule has 0 aliphatic carbocycles. The Labute approximate surface area is 122 Å². The van der Waals surface area contributed by atoms with E-state index in [4.69, 9.17) is 10.5 Å². The Morgan fingerprint density at radius 2 is 1.86 bits per heavy atom. The number of halogens is 1. The highest BCUT2D eigenvalue weighted by atomic mass is 19.1. The number of nitrogens with two attached hydrogens (primary N) is 1. The maximum absolute atomic E-state index is 12.9. The molecule has 0 fully saturated rings. The van der Waals surface area contributed by atoms with Crippen LogP contribution >= 0.6 is 0 Å². The highest BCUT2D eigenvalue weighted by molar-refractivity contribution is 5.86. The molecule has 1 heterocycles. The molecule has 3 aromatic rings. The predicted octanol–water partition coefficient (Wildman–Crippen LogP) is 3.36. The number of hydrogen-bond acceptors (Lipinski definition) is 2. The molecular weight excluding hydrogens is 267 g/mol. The maximum atomic E-state index is 12.9. The highest BCUT2D eigenvalue weighted by Crippen LogP contribution is 2.25. The molecule has 2 aromatic carbocycles. The molecule has 0 atom stereocenters. The number of para-hydroxylation sites is 1. The molecule has 0 radical (unpaired) electrons. The molecule has 0 unspecified atom stereocenters. The van der Waals surface area contributed by atoms with E-state index in [0.29, 0.717) is 18.9 Å². The van der Waals surface area contributed by atoms with Gasteiger partial charge in [0.1, 0.15) is 18.2 Å². The number of nitrogens with zero attached hydrogens (tertiary/aromatic N) is 1. The van der Waals surface area contributed by atoms with Gasteiger partial charge in [0, 0.05) is 30.7 Å². The van der Waals surface area contributed by atoms with Gasteiger partial charge in [-0.05, 0) is 29.8 Å². The first kappa shape index (κ1) is 13.6. The molecule has 0 saturated carbocycles. The molecule has 1 aromatic heterocycles. The number of fused-ring (bicyclic) bond motifs is 1. The first-order valence-corrected chi connectivity index (χ1v) is 6.83. The van der Waals surface area contributed by atoms with Crippen LogP contribution in [0.5, 0.6) is 5.75 Å². The molecule has 108 valence electrons. The summed E-state index contributed by atoms with van der Waals surface area (Å²) in [5.41, 5.74) is 9.13. The topological polar surface area (TPSA) is 40.2 Å². The van der Waals surface area contributed by atoms with E-state index >= 15 is 0 Å². The fraction of sp³-hybridized carbons (Fsp3) is 0.176. The van der Waals surface area contributed by atoms with Crippen LogP contribution in [0.15, 0.2) is 48.7 Å². The second-order valence-corrected chi connectivity index (χ2v) is 5.03. The van der Waals surface area contributed by atoms with Crippen LogP contribution < -0.4 is 10.5 Å². The Kier molecular flexibility index (Phi) is 3.62. The van der Waals surface area contributed by atoms with E-state index in [1.54, 1.807) is 12.1 Å². The molecule has 3 rings (SSSR count). The van der Waals surface area contributed by atoms with Gasteiger partial charge in [-0.25, -0.2) is 4.39 Å². The van der Waals surface area contributed by atoms with E-state index in [9.17, 15) is 4.39 Å². The minimum Gasteiger partial charge on any atom is -0.489 e. The molecule has 0 amide bonds. The van der Waals surface area contributed by atoms with Crippen molar-refractivity contribution in [1.29, 1.82) is 0 Å². The van der Waals surface area contributed by atoms with Gasteiger partial charge in [-0.3, -0.25) is 0 Å². The summed E-state index contributed by atoms with van der Waals surface area (Å²) >= 11 is 0. The summed E-state index contributed by atoms with van der Waals surface area (Å²) in [4.78, 5) is 0. The highest BCUT2D eigenvalue weighted by Gasteiger charge is 2.10. The molecule has 0 bridgehead atoms. The number of benzene rings is 2. The molecule has 0 aliphatic rings. The smallest absolute Gasteiger partial charge is 0.123 e. The summed E-state index contributed by atoms with van der Waals surface area (Å²) in [5.74, 6) is 0.392. The molecule has 0 aliphatic heterocycles. The second-order valence-electron chi connectivity index (χ2n) is 5.03. The largest absolute Gasteiger partial charge is 0.489 e. The van der Waals surface area contributed by atoms with Crippen LogP contribution in [0.4, 0.5) is 4.39 Å². The SMILES string of the molecule is Cn1cc(COc2ccc(F)cc2)c2cccc(CN)c21. The predicted molar refractivity (Wildman–Crippen MR) is 81.5 cm³/mol. The first-order chi connectivity index (χ1) is 10.2. The lowest BCUT2D eigenvalue weighted by Crippen LogP contribution is -1.99. The molecular formula is C17H17FN2O. The summed E-state index contributed by atoms with van der Waals surface area (Å²) in [6.07, 6.45) is 2.05. The van der Waals surface area contributed by atoms with Gasteiger partial charge in [0.2, 0.25) is 0 Å². The normalized spacial score (nSPS) is 11.0. The standard InChI is InChI=1S/C17H17FN2O/c1-20-10-13(11-21-15-7-5-14(18)6-8-15)16-4-2-3-12(9-19)17(16)20/h2-8,10H,9,11,19H2,1H3. The van der Waals surface area contributed by atoms with Crippen LogP contribution in [-0.4, -0.2) is 4.57 Å². The number of ether oxygens (including phenoxy) is 1. The molecule has 4 heteroatoms. The fourth-order valence-electron chi connectivity index (χ4n) is 2.61. The number of aryl methyl sites for hydroxylation is 1. The third kappa shape index (κ3) is 2.62. The second kappa shape index (κ2) is 5.58. The molecule has 0 spiro atoms. The third-order valence-corrected chi connectivity index (χ3v) is 3.60. The summed E-state index contributed by atoms with van der Waals surface area (Å²) < 4.78 is 20.7. The van der Waals surface area contributed by atoms with Crippen LogP contribution in [0.1, 0.15) is 11.1 Å². The van der Waals surface area contributed by atoms with E-state index in [1.165, 1.54) is 12.1 Å².